The van der Waals surface area contributed by atoms with Gasteiger partial charge in [0.2, 0.25) is 0 Å². The molecule has 0 aliphatic heterocycles. The largest absolute Gasteiger partial charge is 0.487 e. The number of alkyl halides is 1. The highest BCUT2D eigenvalue weighted by Crippen LogP contribution is 2.28. The first-order valence-electron chi connectivity index (χ1n) is 4.21. The molecule has 0 heterocycles. The van der Waals surface area contributed by atoms with Gasteiger partial charge in [0.1, 0.15) is 18.8 Å². The second-order valence-electron chi connectivity index (χ2n) is 2.94. The Bertz CT molecular complexity index is 401. The van der Waals surface area contributed by atoms with Crippen molar-refractivity contribution in [3.8, 4) is 11.8 Å². The normalized spacial score (nSPS) is 11.9. The molecule has 1 rings (SSSR count). The predicted octanol–water partition coefficient (Wildman–Crippen LogP) is 3.20. The van der Waals surface area contributed by atoms with Crippen LogP contribution in [0.3, 0.4) is 0 Å². The Balaban J connectivity index is 2.93. The van der Waals surface area contributed by atoms with Crippen molar-refractivity contribution in [3.05, 3.63) is 28.0 Å². The van der Waals surface area contributed by atoms with Gasteiger partial charge < -0.3 is 4.74 Å². The van der Waals surface area contributed by atoms with Crippen LogP contribution in [0.5, 0.6) is 5.75 Å². The third-order valence-corrected chi connectivity index (χ3v) is 2.41. The van der Waals surface area contributed by atoms with Crippen molar-refractivity contribution in [2.24, 2.45) is 0 Å². The maximum Gasteiger partial charge on any atom is 0.180 e. The monoisotopic (exact) mass is 275 g/mol. The highest BCUT2D eigenvalue weighted by atomic mass is 79.9. The summed E-state index contributed by atoms with van der Waals surface area (Å²) in [7, 11) is 0. The summed E-state index contributed by atoms with van der Waals surface area (Å²) in [5, 5.41) is 8.60. The number of hydrogen-bond donors (Lipinski definition) is 0. The number of halogens is 3. The van der Waals surface area contributed by atoms with Crippen LogP contribution in [0.4, 0.5) is 8.78 Å². The SMILES string of the molecule is C[C@@H](F)COc1ccc(C#N)c(Br)c1F. The van der Waals surface area contributed by atoms with E-state index in [1.165, 1.54) is 19.1 Å². The van der Waals surface area contributed by atoms with Crippen LogP contribution in [0.2, 0.25) is 0 Å². The van der Waals surface area contributed by atoms with E-state index in [2.05, 4.69) is 15.9 Å². The topological polar surface area (TPSA) is 33.0 Å². The zero-order valence-electron chi connectivity index (χ0n) is 7.93. The molecule has 0 saturated carbocycles. The van der Waals surface area contributed by atoms with Crippen LogP contribution in [0, 0.1) is 17.1 Å². The van der Waals surface area contributed by atoms with E-state index in [-0.39, 0.29) is 22.4 Å². The predicted molar refractivity (Wildman–Crippen MR) is 54.9 cm³/mol. The van der Waals surface area contributed by atoms with Gasteiger partial charge >= 0.3 is 0 Å². The second-order valence-corrected chi connectivity index (χ2v) is 3.74. The van der Waals surface area contributed by atoms with Gasteiger partial charge in [0.05, 0.1) is 10.0 Å². The number of hydrogen-bond acceptors (Lipinski definition) is 2. The van der Waals surface area contributed by atoms with E-state index >= 15 is 0 Å². The van der Waals surface area contributed by atoms with Crippen LogP contribution >= 0.6 is 15.9 Å². The lowest BCUT2D eigenvalue weighted by Gasteiger charge is -2.09. The fourth-order valence-corrected chi connectivity index (χ4v) is 1.35. The van der Waals surface area contributed by atoms with E-state index < -0.39 is 12.0 Å². The highest BCUT2D eigenvalue weighted by molar-refractivity contribution is 9.10. The number of nitriles is 1. The number of benzene rings is 1. The van der Waals surface area contributed by atoms with Crippen LogP contribution in [0.15, 0.2) is 16.6 Å². The lowest BCUT2D eigenvalue weighted by molar-refractivity contribution is 0.203. The molecule has 1 aromatic rings. The molecule has 1 atom stereocenters. The van der Waals surface area contributed by atoms with Crippen molar-refractivity contribution in [1.29, 1.82) is 5.26 Å². The Morgan fingerprint density at radius 1 is 1.60 bits per heavy atom. The minimum absolute atomic E-state index is 0.0361. The highest BCUT2D eigenvalue weighted by Gasteiger charge is 2.12. The first-order chi connectivity index (χ1) is 7.06. The Morgan fingerprint density at radius 3 is 2.80 bits per heavy atom. The lowest BCUT2D eigenvalue weighted by atomic mass is 10.2. The van der Waals surface area contributed by atoms with Gasteiger partial charge in [-0.25, -0.2) is 8.78 Å². The summed E-state index contributed by atoms with van der Waals surface area (Å²) in [4.78, 5) is 0. The van der Waals surface area contributed by atoms with E-state index in [1.807, 2.05) is 6.07 Å². The molecule has 0 amide bonds. The summed E-state index contributed by atoms with van der Waals surface area (Å²) in [6.07, 6.45) is -1.17. The van der Waals surface area contributed by atoms with E-state index in [4.69, 9.17) is 10.00 Å². The molecule has 80 valence electrons. The molecule has 2 nitrogen and oxygen atoms in total. The summed E-state index contributed by atoms with van der Waals surface area (Å²) in [5.74, 6) is -0.750. The summed E-state index contributed by atoms with van der Waals surface area (Å²) in [6.45, 7) is 1.10. The van der Waals surface area contributed by atoms with E-state index in [0.717, 1.165) is 0 Å². The third kappa shape index (κ3) is 2.90. The average Bonchev–Trinajstić information content (AvgIpc) is 2.20. The van der Waals surface area contributed by atoms with Gasteiger partial charge in [-0.05, 0) is 35.0 Å². The number of rotatable bonds is 3. The summed E-state index contributed by atoms with van der Waals surface area (Å²) < 4.78 is 30.8. The van der Waals surface area contributed by atoms with Crippen LogP contribution in [0.1, 0.15) is 12.5 Å². The minimum Gasteiger partial charge on any atom is -0.487 e. The zero-order chi connectivity index (χ0) is 11.4. The maximum absolute atomic E-state index is 13.5. The summed E-state index contributed by atoms with van der Waals surface area (Å²) in [6, 6.07) is 4.53. The first kappa shape index (κ1) is 11.9. The van der Waals surface area contributed by atoms with Crippen LogP contribution < -0.4 is 4.74 Å². The molecule has 0 aromatic heterocycles. The van der Waals surface area contributed by atoms with Crippen molar-refractivity contribution >= 4 is 15.9 Å². The molecule has 0 saturated heterocycles. The van der Waals surface area contributed by atoms with Crippen LogP contribution in [-0.2, 0) is 0 Å². The Hall–Kier alpha value is -1.15. The van der Waals surface area contributed by atoms with Crippen LogP contribution in [-0.4, -0.2) is 12.8 Å². The summed E-state index contributed by atoms with van der Waals surface area (Å²) in [5.41, 5.74) is 0.174. The van der Waals surface area contributed by atoms with E-state index in [1.54, 1.807) is 0 Å². The summed E-state index contributed by atoms with van der Waals surface area (Å²) >= 11 is 2.93. The fourth-order valence-electron chi connectivity index (χ4n) is 0.934. The molecule has 15 heavy (non-hydrogen) atoms. The number of nitrogens with zero attached hydrogens (tertiary/aromatic N) is 1. The molecule has 0 fully saturated rings. The van der Waals surface area contributed by atoms with Gasteiger partial charge in [0, 0.05) is 0 Å². The number of ether oxygens (including phenoxy) is 1. The van der Waals surface area contributed by atoms with Gasteiger partial charge in [-0.1, -0.05) is 0 Å². The fraction of sp³-hybridized carbons (Fsp3) is 0.300. The van der Waals surface area contributed by atoms with E-state index in [0.29, 0.717) is 0 Å². The smallest absolute Gasteiger partial charge is 0.180 e. The van der Waals surface area contributed by atoms with Gasteiger partial charge in [0.15, 0.2) is 11.6 Å². The zero-order valence-corrected chi connectivity index (χ0v) is 9.51. The van der Waals surface area contributed by atoms with E-state index in [9.17, 15) is 8.78 Å². The van der Waals surface area contributed by atoms with Crippen molar-refractivity contribution in [3.63, 3.8) is 0 Å². The van der Waals surface area contributed by atoms with Gasteiger partial charge in [-0.15, -0.1) is 0 Å². The standard InChI is InChI=1S/C10H8BrF2NO/c1-6(12)5-15-8-3-2-7(4-14)9(11)10(8)13/h2-3,6H,5H2,1H3/t6-/m1/s1. The molecule has 1 aromatic carbocycles. The van der Waals surface area contributed by atoms with Crippen molar-refractivity contribution in [1.82, 2.24) is 0 Å². The molecule has 0 spiro atoms. The maximum atomic E-state index is 13.5. The first-order valence-corrected chi connectivity index (χ1v) is 5.00. The van der Waals surface area contributed by atoms with Crippen molar-refractivity contribution < 1.29 is 13.5 Å². The molecule has 0 radical (unpaired) electrons. The minimum atomic E-state index is -1.17. The quantitative estimate of drug-likeness (QED) is 0.849. The molecule has 0 aliphatic rings. The third-order valence-electron chi connectivity index (χ3n) is 1.64. The van der Waals surface area contributed by atoms with Gasteiger partial charge in [-0.3, -0.25) is 0 Å². The molecule has 5 heteroatoms. The lowest BCUT2D eigenvalue weighted by Crippen LogP contribution is -2.09. The second kappa shape index (κ2) is 5.08. The molecule has 0 unspecified atom stereocenters. The Labute approximate surface area is 94.6 Å². The van der Waals surface area contributed by atoms with Crippen LogP contribution in [0.25, 0.3) is 0 Å². The molecular weight excluding hydrogens is 268 g/mol. The average molecular weight is 276 g/mol. The van der Waals surface area contributed by atoms with Crippen molar-refractivity contribution in [2.75, 3.05) is 6.61 Å². The molecule has 0 aliphatic carbocycles. The molecule has 0 N–H and O–H groups in total. The Kier molecular flexibility index (Phi) is 4.04. The van der Waals surface area contributed by atoms with Gasteiger partial charge in [-0.2, -0.15) is 5.26 Å². The van der Waals surface area contributed by atoms with Crippen molar-refractivity contribution in [2.45, 2.75) is 13.1 Å². The molecular formula is C10H8BrF2NO. The Morgan fingerprint density at radius 2 is 2.27 bits per heavy atom. The van der Waals surface area contributed by atoms with Gasteiger partial charge in [0.25, 0.3) is 0 Å². The molecule has 0 bridgehead atoms.